The highest BCUT2D eigenvalue weighted by Crippen LogP contribution is 2.32. The fourth-order valence-electron chi connectivity index (χ4n) is 8.36. The summed E-state index contributed by atoms with van der Waals surface area (Å²) in [5.74, 6) is 0.357. The topological polar surface area (TPSA) is 282 Å². The molecule has 2 heterocycles. The van der Waals surface area contributed by atoms with Crippen LogP contribution in [0.15, 0.2) is 72.1 Å². The number of Topliss-reactive ketones (excluding diaryl/α,β-unsaturated/α-hetero) is 1. The second kappa shape index (κ2) is 19.5. The number of hydrogen-bond acceptors (Lipinski definition) is 15. The molecule has 17 heteroatoms. The van der Waals surface area contributed by atoms with E-state index in [0.717, 1.165) is 45.0 Å². The van der Waals surface area contributed by atoms with Crippen LogP contribution in [0.2, 0.25) is 0 Å². The zero-order chi connectivity index (χ0) is 42.5. The van der Waals surface area contributed by atoms with E-state index in [9.17, 15) is 25.2 Å². The summed E-state index contributed by atoms with van der Waals surface area (Å²) >= 11 is 0. The summed E-state index contributed by atoms with van der Waals surface area (Å²) < 4.78 is 15.0. The van der Waals surface area contributed by atoms with Gasteiger partial charge in [0.25, 0.3) is 0 Å². The third-order valence-corrected chi connectivity index (χ3v) is 11.8. The van der Waals surface area contributed by atoms with Crippen LogP contribution >= 0.6 is 0 Å². The van der Waals surface area contributed by atoms with Crippen molar-refractivity contribution in [1.29, 1.82) is 0 Å². The predicted molar refractivity (Wildman–Crippen MR) is 223 cm³/mol. The molecule has 4 aromatic rings. The Morgan fingerprint density at radius 1 is 0.633 bits per heavy atom. The van der Waals surface area contributed by atoms with E-state index in [1.54, 1.807) is 9.36 Å². The molecular weight excluding hydrogens is 769 g/mol. The van der Waals surface area contributed by atoms with Crippen LogP contribution in [0, 0.1) is 5.92 Å². The maximum atomic E-state index is 13.7. The molecule has 0 radical (unpaired) electrons. The molecule has 0 bridgehead atoms. The summed E-state index contributed by atoms with van der Waals surface area (Å²) in [4.78, 5) is 13.7. The lowest BCUT2D eigenvalue weighted by atomic mass is 9.81. The molecule has 3 aliphatic carbocycles. The number of nitrogens with zero attached hydrogens (tertiary/aromatic N) is 6. The number of benzene rings is 2. The van der Waals surface area contributed by atoms with Gasteiger partial charge < -0.3 is 52.8 Å². The van der Waals surface area contributed by atoms with Crippen molar-refractivity contribution in [2.75, 3.05) is 13.2 Å². The summed E-state index contributed by atoms with van der Waals surface area (Å²) in [5, 5.41) is 58.0. The lowest BCUT2D eigenvalue weighted by Crippen LogP contribution is -2.62. The van der Waals surface area contributed by atoms with Crippen molar-refractivity contribution < 1.29 is 34.7 Å². The fourth-order valence-corrected chi connectivity index (χ4v) is 8.36. The summed E-state index contributed by atoms with van der Waals surface area (Å²) in [6.45, 7) is 2.84. The minimum absolute atomic E-state index is 0.0514. The summed E-state index contributed by atoms with van der Waals surface area (Å²) in [6, 6.07) is 13.6. The van der Waals surface area contributed by atoms with Crippen molar-refractivity contribution in [2.24, 2.45) is 28.9 Å². The number of aryl methyl sites for hydroxylation is 2. The maximum Gasteiger partial charge on any atom is 0.185 e. The number of ketones is 1. The monoisotopic (exact) mass is 826 g/mol. The van der Waals surface area contributed by atoms with Gasteiger partial charge in [0.05, 0.1) is 47.4 Å². The average Bonchev–Trinajstić information content (AvgIpc) is 3.91. The Balaban J connectivity index is 0.895. The lowest BCUT2D eigenvalue weighted by molar-refractivity contribution is -0.127. The molecule has 3 aliphatic rings. The largest absolute Gasteiger partial charge is 0.389 e. The number of aromatic nitrogens is 6. The molecule has 0 unspecified atom stereocenters. The van der Waals surface area contributed by atoms with Crippen molar-refractivity contribution in [1.82, 2.24) is 30.0 Å². The smallest absolute Gasteiger partial charge is 0.185 e. The predicted octanol–water partition coefficient (Wildman–Crippen LogP) is 0.510. The number of carbonyl (C=O) groups excluding carboxylic acids is 1. The van der Waals surface area contributed by atoms with Crippen molar-refractivity contribution in [3.8, 4) is 11.4 Å². The lowest BCUT2D eigenvalue weighted by Gasteiger charge is -2.39. The Morgan fingerprint density at radius 2 is 1.03 bits per heavy atom. The standard InChI is InChI=1S/C43H58N10O7/c1-24-16-27(18-25-6-10-31(11-7-25)52-22-29(48-50-52)4-2-14-59-42-35(46)20-33(44)38(55)40(42)57)37(54)28(17-24)19-26-8-12-32(13-9-26)53-23-30(49-51-53)5-3-15-60-43-36(47)21-34(45)39(56)41(43)58/h6-13,18-19,22-24,33-36,38-43,55-58H,2-5,14-17,20-21,44-47H2,1H3/b27-18+,28-19+/t33-,34-,35+,36+,38+,39+,40-,41-,42-,43-/m1/s1. The van der Waals surface area contributed by atoms with Gasteiger partial charge in [-0.15, -0.1) is 10.2 Å². The number of nitrogens with two attached hydrogens (primary N) is 4. The van der Waals surface area contributed by atoms with Gasteiger partial charge in [-0.1, -0.05) is 41.6 Å². The van der Waals surface area contributed by atoms with Gasteiger partial charge in [-0.05, 0) is 105 Å². The van der Waals surface area contributed by atoms with Gasteiger partial charge in [-0.3, -0.25) is 4.79 Å². The van der Waals surface area contributed by atoms with E-state index in [4.69, 9.17) is 32.4 Å². The van der Waals surface area contributed by atoms with Gasteiger partial charge in [0.2, 0.25) is 0 Å². The Hall–Kier alpha value is -4.53. The van der Waals surface area contributed by atoms with Crippen molar-refractivity contribution in [3.05, 3.63) is 94.6 Å². The molecule has 322 valence electrons. The van der Waals surface area contributed by atoms with Gasteiger partial charge in [0.1, 0.15) is 24.4 Å². The number of rotatable bonds is 14. The van der Waals surface area contributed by atoms with Gasteiger partial charge in [-0.25, -0.2) is 9.36 Å². The molecule has 2 aromatic heterocycles. The van der Waals surface area contributed by atoms with Gasteiger partial charge >= 0.3 is 0 Å². The fraction of sp³-hybridized carbons (Fsp3) is 0.512. The second-order valence-corrected chi connectivity index (χ2v) is 16.6. The molecule has 60 heavy (non-hydrogen) atoms. The van der Waals surface area contributed by atoms with E-state index >= 15 is 0 Å². The molecule has 0 amide bonds. The first kappa shape index (κ1) is 43.6. The van der Waals surface area contributed by atoms with Crippen LogP contribution in [0.1, 0.15) is 68.0 Å². The minimum Gasteiger partial charge on any atom is -0.389 e. The van der Waals surface area contributed by atoms with E-state index < -0.39 is 60.8 Å². The normalized spacial score (nSPS) is 31.3. The quantitative estimate of drug-likeness (QED) is 0.0635. The maximum absolute atomic E-state index is 13.7. The highest BCUT2D eigenvalue weighted by Gasteiger charge is 2.42. The van der Waals surface area contributed by atoms with Crippen LogP contribution in [-0.2, 0) is 27.1 Å². The Kier molecular flexibility index (Phi) is 14.1. The average molecular weight is 827 g/mol. The van der Waals surface area contributed by atoms with E-state index in [0.29, 0.717) is 70.5 Å². The number of aliphatic hydroxyl groups is 4. The van der Waals surface area contributed by atoms with Gasteiger partial charge in [-0.2, -0.15) is 0 Å². The zero-order valence-corrected chi connectivity index (χ0v) is 33.9. The molecular formula is C43H58N10O7. The third-order valence-electron chi connectivity index (χ3n) is 11.8. The second-order valence-electron chi connectivity index (χ2n) is 16.6. The Labute approximate surface area is 349 Å². The Morgan fingerprint density at radius 3 is 1.43 bits per heavy atom. The molecule has 2 aromatic carbocycles. The highest BCUT2D eigenvalue weighted by atomic mass is 16.5. The highest BCUT2D eigenvalue weighted by molar-refractivity contribution is 6.14. The minimum atomic E-state index is -1.12. The number of allylic oxidation sites excluding steroid dienone is 2. The summed E-state index contributed by atoms with van der Waals surface area (Å²) in [7, 11) is 0. The van der Waals surface area contributed by atoms with Gasteiger partial charge in [0, 0.05) is 48.5 Å². The molecule has 0 saturated heterocycles. The van der Waals surface area contributed by atoms with Crippen molar-refractivity contribution in [2.45, 2.75) is 119 Å². The van der Waals surface area contributed by atoms with Gasteiger partial charge in [0.15, 0.2) is 5.78 Å². The van der Waals surface area contributed by atoms with E-state index in [2.05, 4.69) is 27.5 Å². The number of aliphatic hydroxyl groups excluding tert-OH is 4. The van der Waals surface area contributed by atoms with Crippen LogP contribution in [0.3, 0.4) is 0 Å². The number of hydrogen-bond donors (Lipinski definition) is 8. The van der Waals surface area contributed by atoms with Crippen molar-refractivity contribution in [3.63, 3.8) is 0 Å². The van der Waals surface area contributed by atoms with Crippen LogP contribution in [0.4, 0.5) is 0 Å². The molecule has 0 spiro atoms. The third kappa shape index (κ3) is 10.3. The molecule has 17 nitrogen and oxygen atoms in total. The molecule has 10 atom stereocenters. The summed E-state index contributed by atoms with van der Waals surface area (Å²) in [6.07, 6.45) is 6.59. The van der Waals surface area contributed by atoms with Crippen molar-refractivity contribution >= 4 is 17.9 Å². The van der Waals surface area contributed by atoms with E-state index in [1.807, 2.05) is 73.1 Å². The zero-order valence-electron chi connectivity index (χ0n) is 33.9. The number of ether oxygens (including phenoxy) is 2. The van der Waals surface area contributed by atoms with Crippen LogP contribution < -0.4 is 22.9 Å². The van der Waals surface area contributed by atoms with Crippen LogP contribution in [0.25, 0.3) is 23.5 Å². The first-order chi connectivity index (χ1) is 28.8. The van der Waals surface area contributed by atoms with Crippen LogP contribution in [0.5, 0.6) is 0 Å². The van der Waals surface area contributed by atoms with E-state index in [1.165, 1.54) is 0 Å². The number of carbonyl (C=O) groups is 1. The molecule has 3 fully saturated rings. The Bertz CT molecular complexity index is 1960. The molecule has 3 saturated carbocycles. The van der Waals surface area contributed by atoms with Crippen LogP contribution in [-0.4, -0.2) is 130 Å². The molecule has 0 aliphatic heterocycles. The SMILES string of the molecule is CC1C/C(=C\c2ccc(-n3cc(CCCO[C@H]4[C@H](O)[C@@H](O)[C@H](N)C[C@@H]4N)nn3)cc2)C(=O)/C(=C/c2ccc(-n3cc(CCCO[C@H]4[C@H](O)[C@@H](O)[C@H](N)C[C@@H]4N)nn3)cc2)C1. The summed E-state index contributed by atoms with van der Waals surface area (Å²) in [5.41, 5.74) is 30.5. The van der Waals surface area contributed by atoms with E-state index in [-0.39, 0.29) is 5.78 Å². The first-order valence-electron chi connectivity index (χ1n) is 20.8. The molecule has 7 rings (SSSR count). The first-order valence-corrected chi connectivity index (χ1v) is 20.8. The molecule has 12 N–H and O–H groups in total.